The van der Waals surface area contributed by atoms with Crippen LogP contribution in [0.15, 0.2) is 66.1 Å². The van der Waals surface area contributed by atoms with Crippen LogP contribution in [-0.2, 0) is 4.79 Å². The number of amides is 1. The van der Waals surface area contributed by atoms with E-state index in [0.717, 1.165) is 17.8 Å². The Morgan fingerprint density at radius 1 is 1.14 bits per heavy atom. The molecule has 3 rings (SSSR count). The first-order chi connectivity index (χ1) is 13.3. The number of halogens is 4. The summed E-state index contributed by atoms with van der Waals surface area (Å²) in [6.45, 7) is 0. The highest BCUT2D eigenvalue weighted by Gasteiger charge is 2.30. The van der Waals surface area contributed by atoms with Crippen molar-refractivity contribution in [2.24, 2.45) is 0 Å². The van der Waals surface area contributed by atoms with E-state index < -0.39 is 6.36 Å². The van der Waals surface area contributed by atoms with Crippen LogP contribution in [0.4, 0.5) is 18.9 Å². The lowest BCUT2D eigenvalue weighted by molar-refractivity contribution is -0.274. The van der Waals surface area contributed by atoms with Gasteiger partial charge in [0.15, 0.2) is 5.16 Å². The zero-order valence-electron chi connectivity index (χ0n) is 14.1. The van der Waals surface area contributed by atoms with E-state index in [2.05, 4.69) is 15.0 Å². The van der Waals surface area contributed by atoms with Crippen molar-refractivity contribution in [2.45, 2.75) is 11.5 Å². The predicted molar refractivity (Wildman–Crippen MR) is 101 cm³/mol. The summed E-state index contributed by atoms with van der Waals surface area (Å²) in [6.07, 6.45) is -1.37. The monoisotopic (exact) mass is 427 g/mol. The molecule has 146 valence electrons. The molecule has 10 heteroatoms. The van der Waals surface area contributed by atoms with E-state index in [9.17, 15) is 18.0 Å². The van der Waals surface area contributed by atoms with Gasteiger partial charge in [-0.05, 0) is 48.5 Å². The van der Waals surface area contributed by atoms with Gasteiger partial charge in [-0.25, -0.2) is 4.98 Å². The molecule has 1 heterocycles. The topological polar surface area (TPSA) is 56.2 Å². The number of anilines is 1. The number of nitrogens with zero attached hydrogens (tertiary/aromatic N) is 2. The first kappa shape index (κ1) is 20.1. The molecule has 3 aromatic rings. The number of carbonyl (C=O) groups is 1. The average Bonchev–Trinajstić information content (AvgIpc) is 3.10. The third kappa shape index (κ3) is 5.67. The molecule has 0 bridgehead atoms. The second-order valence-corrected chi connectivity index (χ2v) is 6.84. The highest BCUT2D eigenvalue weighted by Crippen LogP contribution is 2.25. The van der Waals surface area contributed by atoms with Crippen LogP contribution in [0.25, 0.3) is 5.69 Å². The van der Waals surface area contributed by atoms with Crippen LogP contribution in [0.5, 0.6) is 5.75 Å². The van der Waals surface area contributed by atoms with Crippen LogP contribution in [0, 0.1) is 0 Å². The van der Waals surface area contributed by atoms with Gasteiger partial charge in [-0.15, -0.1) is 13.2 Å². The minimum absolute atomic E-state index is 0.0748. The van der Waals surface area contributed by atoms with E-state index in [0.29, 0.717) is 15.9 Å². The Bertz CT molecular complexity index is 944. The van der Waals surface area contributed by atoms with Crippen molar-refractivity contribution in [3.05, 3.63) is 65.9 Å². The Morgan fingerprint density at radius 3 is 2.46 bits per heavy atom. The quantitative estimate of drug-likeness (QED) is 0.552. The fraction of sp³-hybridized carbons (Fsp3) is 0.111. The first-order valence-corrected chi connectivity index (χ1v) is 9.24. The van der Waals surface area contributed by atoms with E-state index in [-0.39, 0.29) is 17.4 Å². The molecule has 1 N–H and O–H groups in total. The summed E-state index contributed by atoms with van der Waals surface area (Å²) in [6, 6.07) is 12.1. The molecule has 0 saturated heterocycles. The Morgan fingerprint density at radius 2 is 1.82 bits per heavy atom. The third-order valence-electron chi connectivity index (χ3n) is 3.42. The van der Waals surface area contributed by atoms with Gasteiger partial charge in [0.25, 0.3) is 0 Å². The molecule has 0 aliphatic rings. The lowest BCUT2D eigenvalue weighted by Gasteiger charge is -2.10. The summed E-state index contributed by atoms with van der Waals surface area (Å²) < 4.78 is 42.1. The first-order valence-electron chi connectivity index (χ1n) is 7.88. The summed E-state index contributed by atoms with van der Waals surface area (Å²) in [7, 11) is 0. The van der Waals surface area contributed by atoms with Gasteiger partial charge in [-0.3, -0.25) is 9.36 Å². The second-order valence-electron chi connectivity index (χ2n) is 5.47. The largest absolute Gasteiger partial charge is 0.573 e. The van der Waals surface area contributed by atoms with Gasteiger partial charge in [0.2, 0.25) is 5.91 Å². The summed E-state index contributed by atoms with van der Waals surface area (Å²) in [4.78, 5) is 16.3. The van der Waals surface area contributed by atoms with Crippen LogP contribution in [0.3, 0.4) is 0 Å². The van der Waals surface area contributed by atoms with Crippen molar-refractivity contribution in [2.75, 3.05) is 11.1 Å². The van der Waals surface area contributed by atoms with Crippen molar-refractivity contribution in [3.63, 3.8) is 0 Å². The van der Waals surface area contributed by atoms with Crippen LogP contribution in [0.1, 0.15) is 0 Å². The number of imidazole rings is 1. The van der Waals surface area contributed by atoms with Crippen LogP contribution in [0.2, 0.25) is 5.02 Å². The molecule has 0 atom stereocenters. The molecule has 0 radical (unpaired) electrons. The SMILES string of the molecule is O=C(CSc1nccn1-c1ccc(Cl)cc1)Nc1ccc(OC(F)(F)F)cc1. The molecule has 1 amide bonds. The summed E-state index contributed by atoms with van der Waals surface area (Å²) in [5.74, 6) is -0.601. The molecule has 28 heavy (non-hydrogen) atoms. The Labute approximate surface area is 167 Å². The van der Waals surface area contributed by atoms with Gasteiger partial charge in [0.1, 0.15) is 5.75 Å². The Balaban J connectivity index is 1.57. The molecule has 0 spiro atoms. The minimum atomic E-state index is -4.76. The second kappa shape index (κ2) is 8.57. The number of nitrogens with one attached hydrogen (secondary N) is 1. The lowest BCUT2D eigenvalue weighted by atomic mass is 10.3. The van der Waals surface area contributed by atoms with E-state index >= 15 is 0 Å². The van der Waals surface area contributed by atoms with Crippen molar-refractivity contribution in [1.82, 2.24) is 9.55 Å². The van der Waals surface area contributed by atoms with E-state index in [1.54, 1.807) is 24.5 Å². The van der Waals surface area contributed by atoms with Crippen molar-refractivity contribution in [3.8, 4) is 11.4 Å². The van der Waals surface area contributed by atoms with Crippen LogP contribution >= 0.6 is 23.4 Å². The summed E-state index contributed by atoms with van der Waals surface area (Å²) >= 11 is 7.11. The fourth-order valence-electron chi connectivity index (χ4n) is 2.26. The number of rotatable bonds is 6. The fourth-order valence-corrected chi connectivity index (χ4v) is 3.16. The highest BCUT2D eigenvalue weighted by atomic mass is 35.5. The number of thioether (sulfide) groups is 1. The zero-order chi connectivity index (χ0) is 20.1. The molecular weight excluding hydrogens is 415 g/mol. The molecular formula is C18H13ClF3N3O2S. The van der Waals surface area contributed by atoms with Crippen molar-refractivity contribution < 1.29 is 22.7 Å². The van der Waals surface area contributed by atoms with Gasteiger partial charge in [-0.1, -0.05) is 23.4 Å². The number of benzene rings is 2. The van der Waals surface area contributed by atoms with E-state index in [1.165, 1.54) is 23.9 Å². The maximum atomic E-state index is 12.2. The Hall–Kier alpha value is -2.65. The van der Waals surface area contributed by atoms with Gasteiger partial charge in [0, 0.05) is 28.8 Å². The van der Waals surface area contributed by atoms with E-state index in [4.69, 9.17) is 11.6 Å². The molecule has 0 saturated carbocycles. The van der Waals surface area contributed by atoms with Crippen molar-refractivity contribution >= 4 is 35.0 Å². The third-order valence-corrected chi connectivity index (χ3v) is 4.63. The maximum Gasteiger partial charge on any atom is 0.573 e. The van der Waals surface area contributed by atoms with Crippen LogP contribution in [-0.4, -0.2) is 27.6 Å². The molecule has 1 aromatic heterocycles. The molecule has 5 nitrogen and oxygen atoms in total. The molecule has 2 aromatic carbocycles. The number of hydrogen-bond acceptors (Lipinski definition) is 4. The normalized spacial score (nSPS) is 11.3. The standard InChI is InChI=1S/C18H13ClF3N3O2S/c19-12-1-5-14(6-2-12)25-10-9-23-17(25)28-11-16(26)24-13-3-7-15(8-4-13)27-18(20,21)22/h1-10H,11H2,(H,24,26). The number of alkyl halides is 3. The summed E-state index contributed by atoms with van der Waals surface area (Å²) in [5.41, 5.74) is 1.21. The maximum absolute atomic E-state index is 12.2. The zero-order valence-corrected chi connectivity index (χ0v) is 15.7. The average molecular weight is 428 g/mol. The molecule has 0 aliphatic heterocycles. The number of hydrogen-bond donors (Lipinski definition) is 1. The minimum Gasteiger partial charge on any atom is -0.406 e. The Kier molecular flexibility index (Phi) is 6.15. The number of carbonyl (C=O) groups excluding carboxylic acids is 1. The lowest BCUT2D eigenvalue weighted by Crippen LogP contribution is -2.17. The van der Waals surface area contributed by atoms with Crippen molar-refractivity contribution in [1.29, 1.82) is 0 Å². The molecule has 0 aliphatic carbocycles. The van der Waals surface area contributed by atoms with Crippen LogP contribution < -0.4 is 10.1 Å². The number of ether oxygens (including phenoxy) is 1. The van der Waals surface area contributed by atoms with E-state index in [1.807, 2.05) is 16.7 Å². The van der Waals surface area contributed by atoms with Gasteiger partial charge in [-0.2, -0.15) is 0 Å². The predicted octanol–water partition coefficient (Wildman–Crippen LogP) is 5.16. The molecule has 0 unspecified atom stereocenters. The number of aromatic nitrogens is 2. The van der Waals surface area contributed by atoms with Gasteiger partial charge >= 0.3 is 6.36 Å². The van der Waals surface area contributed by atoms with Gasteiger partial charge < -0.3 is 10.1 Å². The molecule has 0 fully saturated rings. The van der Waals surface area contributed by atoms with Gasteiger partial charge in [0.05, 0.1) is 5.75 Å². The highest BCUT2D eigenvalue weighted by molar-refractivity contribution is 7.99. The smallest absolute Gasteiger partial charge is 0.406 e. The summed E-state index contributed by atoms with van der Waals surface area (Å²) in [5, 5.41) is 3.84.